The third-order valence-electron chi connectivity index (χ3n) is 3.19. The summed E-state index contributed by atoms with van der Waals surface area (Å²) in [6, 6.07) is 7.70. The first-order valence-electron chi connectivity index (χ1n) is 6.61. The molecule has 0 unspecified atom stereocenters. The van der Waals surface area contributed by atoms with Crippen molar-refractivity contribution in [2.24, 2.45) is 7.05 Å². The van der Waals surface area contributed by atoms with Crippen LogP contribution in [0.1, 0.15) is 28.5 Å². The first-order valence-corrected chi connectivity index (χ1v) is 6.61. The summed E-state index contributed by atoms with van der Waals surface area (Å²) in [5.41, 5.74) is 2.41. The van der Waals surface area contributed by atoms with Crippen LogP contribution < -0.4 is 10.1 Å². The molecule has 1 N–H and O–H groups in total. The first-order chi connectivity index (χ1) is 9.63. The minimum absolute atomic E-state index is 0.123. The lowest BCUT2D eigenvalue weighted by Crippen LogP contribution is -2.23. The van der Waals surface area contributed by atoms with Crippen molar-refractivity contribution < 1.29 is 9.53 Å². The quantitative estimate of drug-likeness (QED) is 0.907. The second-order valence-corrected chi connectivity index (χ2v) is 4.49. The summed E-state index contributed by atoms with van der Waals surface area (Å²) >= 11 is 0. The number of hydrogen-bond acceptors (Lipinski definition) is 3. The van der Waals surface area contributed by atoms with E-state index in [2.05, 4.69) is 10.4 Å². The highest BCUT2D eigenvalue weighted by Gasteiger charge is 2.13. The van der Waals surface area contributed by atoms with Crippen LogP contribution in [-0.4, -0.2) is 22.3 Å². The fourth-order valence-electron chi connectivity index (χ4n) is 1.94. The highest BCUT2D eigenvalue weighted by Crippen LogP contribution is 2.17. The van der Waals surface area contributed by atoms with Crippen molar-refractivity contribution in [1.29, 1.82) is 0 Å². The number of rotatable bonds is 5. The van der Waals surface area contributed by atoms with Crippen LogP contribution in [0.3, 0.4) is 0 Å². The maximum atomic E-state index is 12.1. The molecule has 0 saturated heterocycles. The van der Waals surface area contributed by atoms with Crippen LogP contribution in [0.15, 0.2) is 30.5 Å². The number of aryl methyl sites for hydroxylation is 1. The van der Waals surface area contributed by atoms with Gasteiger partial charge < -0.3 is 10.1 Å². The van der Waals surface area contributed by atoms with Crippen LogP contribution in [0, 0.1) is 6.92 Å². The smallest absolute Gasteiger partial charge is 0.255 e. The van der Waals surface area contributed by atoms with Crippen molar-refractivity contribution in [3.63, 3.8) is 0 Å². The molecule has 1 aromatic heterocycles. The van der Waals surface area contributed by atoms with Gasteiger partial charge in [-0.25, -0.2) is 0 Å². The Bertz CT molecular complexity index is 605. The molecule has 0 fully saturated rings. The Hall–Kier alpha value is -2.30. The van der Waals surface area contributed by atoms with Crippen molar-refractivity contribution in [3.05, 3.63) is 47.3 Å². The standard InChI is InChI=1S/C15H19N3O2/c1-4-20-14-8-6-5-7-12(14)9-16-15(19)13-10-17-18(3)11(13)2/h5-8,10H,4,9H2,1-3H3,(H,16,19). The number of nitrogens with zero attached hydrogens (tertiary/aromatic N) is 2. The molecule has 0 aliphatic rings. The van der Waals surface area contributed by atoms with E-state index in [1.165, 1.54) is 0 Å². The molecule has 0 atom stereocenters. The molecule has 1 heterocycles. The lowest BCUT2D eigenvalue weighted by atomic mass is 10.2. The van der Waals surface area contributed by atoms with E-state index in [0.717, 1.165) is 17.0 Å². The number of benzene rings is 1. The van der Waals surface area contributed by atoms with Gasteiger partial charge in [-0.3, -0.25) is 9.48 Å². The summed E-state index contributed by atoms with van der Waals surface area (Å²) in [4.78, 5) is 12.1. The molecular formula is C15H19N3O2. The topological polar surface area (TPSA) is 56.1 Å². The molecule has 20 heavy (non-hydrogen) atoms. The Morgan fingerprint density at radius 3 is 2.80 bits per heavy atom. The van der Waals surface area contributed by atoms with Crippen molar-refractivity contribution >= 4 is 5.91 Å². The second kappa shape index (κ2) is 6.23. The molecular weight excluding hydrogens is 254 g/mol. The van der Waals surface area contributed by atoms with E-state index in [1.54, 1.807) is 10.9 Å². The molecule has 0 aliphatic heterocycles. The van der Waals surface area contributed by atoms with Crippen LogP contribution in [0.2, 0.25) is 0 Å². The van der Waals surface area contributed by atoms with E-state index >= 15 is 0 Å². The maximum absolute atomic E-state index is 12.1. The minimum atomic E-state index is -0.123. The van der Waals surface area contributed by atoms with Gasteiger partial charge in [-0.1, -0.05) is 18.2 Å². The van der Waals surface area contributed by atoms with E-state index in [1.807, 2.05) is 45.2 Å². The van der Waals surface area contributed by atoms with Gasteiger partial charge in [-0.15, -0.1) is 0 Å². The summed E-state index contributed by atoms with van der Waals surface area (Å²) in [5.74, 6) is 0.681. The van der Waals surface area contributed by atoms with E-state index in [4.69, 9.17) is 4.74 Å². The van der Waals surface area contributed by atoms with E-state index in [9.17, 15) is 4.79 Å². The molecule has 0 spiro atoms. The molecule has 2 aromatic rings. The van der Waals surface area contributed by atoms with Crippen LogP contribution in [0.25, 0.3) is 0 Å². The Labute approximate surface area is 118 Å². The summed E-state index contributed by atoms with van der Waals surface area (Å²) in [7, 11) is 1.82. The van der Waals surface area contributed by atoms with Crippen molar-refractivity contribution in [2.45, 2.75) is 20.4 Å². The Morgan fingerprint density at radius 2 is 2.15 bits per heavy atom. The fourth-order valence-corrected chi connectivity index (χ4v) is 1.94. The summed E-state index contributed by atoms with van der Waals surface area (Å²) in [6.45, 7) is 4.85. The summed E-state index contributed by atoms with van der Waals surface area (Å²) in [5, 5.41) is 6.97. The Balaban J connectivity index is 2.05. The highest BCUT2D eigenvalue weighted by molar-refractivity contribution is 5.95. The highest BCUT2D eigenvalue weighted by atomic mass is 16.5. The number of nitrogens with one attached hydrogen (secondary N) is 1. The lowest BCUT2D eigenvalue weighted by Gasteiger charge is -2.10. The predicted molar refractivity (Wildman–Crippen MR) is 76.7 cm³/mol. The van der Waals surface area contributed by atoms with Gasteiger partial charge in [0.2, 0.25) is 0 Å². The third-order valence-corrected chi connectivity index (χ3v) is 3.19. The van der Waals surface area contributed by atoms with Crippen LogP contribution in [-0.2, 0) is 13.6 Å². The molecule has 0 radical (unpaired) electrons. The van der Waals surface area contributed by atoms with Gasteiger partial charge in [0.25, 0.3) is 5.91 Å². The zero-order valence-electron chi connectivity index (χ0n) is 12.0. The van der Waals surface area contributed by atoms with Gasteiger partial charge in [-0.05, 0) is 19.9 Å². The van der Waals surface area contributed by atoms with Gasteiger partial charge in [0, 0.05) is 24.8 Å². The zero-order chi connectivity index (χ0) is 14.5. The van der Waals surface area contributed by atoms with Crippen LogP contribution >= 0.6 is 0 Å². The summed E-state index contributed by atoms with van der Waals surface area (Å²) in [6.07, 6.45) is 1.58. The number of para-hydroxylation sites is 1. The van der Waals surface area contributed by atoms with E-state index in [-0.39, 0.29) is 5.91 Å². The predicted octanol–water partition coefficient (Wildman–Crippen LogP) is 2.06. The largest absolute Gasteiger partial charge is 0.494 e. The number of carbonyl (C=O) groups excluding carboxylic acids is 1. The monoisotopic (exact) mass is 273 g/mol. The minimum Gasteiger partial charge on any atom is -0.494 e. The third kappa shape index (κ3) is 2.99. The first kappa shape index (κ1) is 14.1. The van der Waals surface area contributed by atoms with Gasteiger partial charge in [-0.2, -0.15) is 5.10 Å². The number of hydrogen-bond donors (Lipinski definition) is 1. The number of amides is 1. The molecule has 106 valence electrons. The fraction of sp³-hybridized carbons (Fsp3) is 0.333. The van der Waals surface area contributed by atoms with Gasteiger partial charge in [0.1, 0.15) is 5.75 Å². The molecule has 0 aliphatic carbocycles. The average Bonchev–Trinajstić information content (AvgIpc) is 2.78. The SMILES string of the molecule is CCOc1ccccc1CNC(=O)c1cnn(C)c1C. The average molecular weight is 273 g/mol. The van der Waals surface area contributed by atoms with E-state index < -0.39 is 0 Å². The number of aromatic nitrogens is 2. The summed E-state index contributed by atoms with van der Waals surface area (Å²) < 4.78 is 7.22. The van der Waals surface area contributed by atoms with Crippen LogP contribution in [0.4, 0.5) is 0 Å². The Kier molecular flexibility index (Phi) is 4.40. The zero-order valence-corrected chi connectivity index (χ0v) is 12.0. The normalized spacial score (nSPS) is 10.3. The molecule has 5 nitrogen and oxygen atoms in total. The van der Waals surface area contributed by atoms with Crippen LogP contribution in [0.5, 0.6) is 5.75 Å². The Morgan fingerprint density at radius 1 is 1.40 bits per heavy atom. The van der Waals surface area contributed by atoms with Gasteiger partial charge in [0.15, 0.2) is 0 Å². The number of ether oxygens (including phenoxy) is 1. The van der Waals surface area contributed by atoms with Gasteiger partial charge >= 0.3 is 0 Å². The van der Waals surface area contributed by atoms with Crippen molar-refractivity contribution in [3.8, 4) is 5.75 Å². The second-order valence-electron chi connectivity index (χ2n) is 4.49. The molecule has 0 bridgehead atoms. The van der Waals surface area contributed by atoms with E-state index in [0.29, 0.717) is 18.7 Å². The molecule has 1 amide bonds. The molecule has 2 rings (SSSR count). The molecule has 0 saturated carbocycles. The van der Waals surface area contributed by atoms with Crippen molar-refractivity contribution in [1.82, 2.24) is 15.1 Å². The maximum Gasteiger partial charge on any atom is 0.255 e. The van der Waals surface area contributed by atoms with Crippen molar-refractivity contribution in [2.75, 3.05) is 6.61 Å². The molecule has 1 aromatic carbocycles. The number of carbonyl (C=O) groups is 1. The van der Waals surface area contributed by atoms with Gasteiger partial charge in [0.05, 0.1) is 18.4 Å². The molecule has 5 heteroatoms. The lowest BCUT2D eigenvalue weighted by molar-refractivity contribution is 0.0950.